The van der Waals surface area contributed by atoms with Crippen LogP contribution < -0.4 is 9.80 Å². The van der Waals surface area contributed by atoms with Crippen molar-refractivity contribution in [1.29, 1.82) is 0 Å². The van der Waals surface area contributed by atoms with E-state index in [4.69, 9.17) is 0 Å². The monoisotopic (exact) mass is 572 g/mol. The summed E-state index contributed by atoms with van der Waals surface area (Å²) in [6.07, 6.45) is 0. The van der Waals surface area contributed by atoms with Gasteiger partial charge in [0.1, 0.15) is 0 Å². The van der Waals surface area contributed by atoms with E-state index in [1.165, 1.54) is 55.9 Å². The third kappa shape index (κ3) is 6.31. The molecule has 0 unspecified atom stereocenters. The standard InChI is InChI=1S/C42H40N2/c1-29-9-7-11-39(23-29)43(41-25-31(3)21-32(4)26-41)37-17-13-35(14-18-37)36-15-19-38(20-16-36)44(40-12-8-10-30(2)24-40)42-27-33(5)22-34(6)28-42/h7-28H,1-6H3. The lowest BCUT2D eigenvalue weighted by atomic mass is 10.0. The maximum absolute atomic E-state index is 2.35. The van der Waals surface area contributed by atoms with Crippen LogP contribution in [0.25, 0.3) is 11.1 Å². The van der Waals surface area contributed by atoms with Gasteiger partial charge in [-0.2, -0.15) is 0 Å². The Morgan fingerprint density at radius 2 is 0.591 bits per heavy atom. The summed E-state index contributed by atoms with van der Waals surface area (Å²) in [5.41, 5.74) is 16.9. The SMILES string of the molecule is Cc1cccc(N(c2ccc(-c3ccc(N(c4cccc(C)c4)c4cc(C)cc(C)c4)cc3)cc2)c2cc(C)cc(C)c2)c1. The molecule has 6 aromatic carbocycles. The number of hydrogen-bond donors (Lipinski definition) is 0. The second-order valence-electron chi connectivity index (χ2n) is 12.1. The Labute approximate surface area is 262 Å². The average Bonchev–Trinajstić information content (AvgIpc) is 2.97. The summed E-state index contributed by atoms with van der Waals surface area (Å²) >= 11 is 0. The zero-order valence-corrected chi connectivity index (χ0v) is 26.6. The summed E-state index contributed by atoms with van der Waals surface area (Å²) in [6.45, 7) is 13.0. The van der Waals surface area contributed by atoms with E-state index in [-0.39, 0.29) is 0 Å². The lowest BCUT2D eigenvalue weighted by Gasteiger charge is -2.27. The molecule has 0 aliphatic heterocycles. The van der Waals surface area contributed by atoms with Gasteiger partial charge in [-0.15, -0.1) is 0 Å². The van der Waals surface area contributed by atoms with Crippen LogP contribution in [0.5, 0.6) is 0 Å². The normalized spacial score (nSPS) is 11.0. The number of benzene rings is 6. The Morgan fingerprint density at radius 3 is 0.909 bits per heavy atom. The highest BCUT2D eigenvalue weighted by Gasteiger charge is 2.16. The highest BCUT2D eigenvalue weighted by molar-refractivity contribution is 5.81. The molecule has 0 atom stereocenters. The van der Waals surface area contributed by atoms with Gasteiger partial charge in [0, 0.05) is 34.1 Å². The topological polar surface area (TPSA) is 6.48 Å². The maximum atomic E-state index is 2.35. The lowest BCUT2D eigenvalue weighted by Crippen LogP contribution is -2.11. The fourth-order valence-corrected chi connectivity index (χ4v) is 6.19. The molecule has 0 fully saturated rings. The predicted octanol–water partition coefficient (Wildman–Crippen LogP) is 12.1. The molecule has 2 nitrogen and oxygen atoms in total. The molecule has 0 N–H and O–H groups in total. The van der Waals surface area contributed by atoms with Crippen molar-refractivity contribution < 1.29 is 0 Å². The average molecular weight is 573 g/mol. The summed E-state index contributed by atoms with van der Waals surface area (Å²) in [6, 6.07) is 48.8. The van der Waals surface area contributed by atoms with E-state index in [2.05, 4.69) is 185 Å². The molecule has 0 aromatic heterocycles. The Bertz CT molecular complexity index is 1730. The van der Waals surface area contributed by atoms with Crippen LogP contribution >= 0.6 is 0 Å². The lowest BCUT2D eigenvalue weighted by molar-refractivity contribution is 1.24. The molecule has 6 rings (SSSR count). The van der Waals surface area contributed by atoms with E-state index in [0.29, 0.717) is 0 Å². The Kier molecular flexibility index (Phi) is 8.09. The van der Waals surface area contributed by atoms with Gasteiger partial charge in [-0.3, -0.25) is 0 Å². The molecule has 6 aromatic rings. The quantitative estimate of drug-likeness (QED) is 0.188. The largest absolute Gasteiger partial charge is 0.310 e. The van der Waals surface area contributed by atoms with Crippen LogP contribution in [-0.2, 0) is 0 Å². The van der Waals surface area contributed by atoms with Gasteiger partial charge < -0.3 is 9.80 Å². The summed E-state index contributed by atoms with van der Waals surface area (Å²) in [5, 5.41) is 0. The minimum absolute atomic E-state index is 1.14. The molecular weight excluding hydrogens is 532 g/mol. The van der Waals surface area contributed by atoms with Crippen molar-refractivity contribution in [1.82, 2.24) is 0 Å². The molecular formula is C42H40N2. The minimum atomic E-state index is 1.14. The van der Waals surface area contributed by atoms with Crippen LogP contribution in [0.4, 0.5) is 34.1 Å². The summed E-state index contributed by atoms with van der Waals surface area (Å²) in [5.74, 6) is 0. The number of rotatable bonds is 7. The van der Waals surface area contributed by atoms with Crippen molar-refractivity contribution in [2.75, 3.05) is 9.80 Å². The second-order valence-corrected chi connectivity index (χ2v) is 12.1. The molecule has 218 valence electrons. The Balaban J connectivity index is 1.35. The van der Waals surface area contributed by atoms with Crippen molar-refractivity contribution in [3.63, 3.8) is 0 Å². The van der Waals surface area contributed by atoms with E-state index < -0.39 is 0 Å². The van der Waals surface area contributed by atoms with Gasteiger partial charge in [-0.1, -0.05) is 60.7 Å². The van der Waals surface area contributed by atoms with Crippen LogP contribution in [0.15, 0.2) is 133 Å². The Hall–Kier alpha value is -5.08. The second kappa shape index (κ2) is 12.3. The van der Waals surface area contributed by atoms with Crippen LogP contribution in [0.1, 0.15) is 33.4 Å². The fourth-order valence-electron chi connectivity index (χ4n) is 6.19. The van der Waals surface area contributed by atoms with Crippen LogP contribution in [-0.4, -0.2) is 0 Å². The molecule has 0 bridgehead atoms. The van der Waals surface area contributed by atoms with E-state index in [1.807, 2.05) is 0 Å². The smallest absolute Gasteiger partial charge is 0.0466 e. The number of hydrogen-bond acceptors (Lipinski definition) is 2. The fraction of sp³-hybridized carbons (Fsp3) is 0.143. The highest BCUT2D eigenvalue weighted by atomic mass is 15.1. The molecule has 0 spiro atoms. The first-order valence-electron chi connectivity index (χ1n) is 15.3. The number of aryl methyl sites for hydroxylation is 6. The van der Waals surface area contributed by atoms with E-state index >= 15 is 0 Å². The Morgan fingerprint density at radius 1 is 0.273 bits per heavy atom. The molecule has 0 saturated carbocycles. The minimum Gasteiger partial charge on any atom is -0.310 e. The van der Waals surface area contributed by atoms with Gasteiger partial charge in [-0.25, -0.2) is 0 Å². The van der Waals surface area contributed by atoms with Gasteiger partial charge >= 0.3 is 0 Å². The maximum Gasteiger partial charge on any atom is 0.0466 e. The molecule has 2 heteroatoms. The van der Waals surface area contributed by atoms with Crippen molar-refractivity contribution in [2.45, 2.75) is 41.5 Å². The van der Waals surface area contributed by atoms with Gasteiger partial charge in [0.2, 0.25) is 0 Å². The van der Waals surface area contributed by atoms with Gasteiger partial charge in [-0.05, 0) is 159 Å². The van der Waals surface area contributed by atoms with E-state index in [1.54, 1.807) is 0 Å². The first kappa shape index (κ1) is 29.0. The van der Waals surface area contributed by atoms with Gasteiger partial charge in [0.05, 0.1) is 0 Å². The molecule has 0 aliphatic carbocycles. The number of anilines is 6. The zero-order chi connectivity index (χ0) is 30.8. The molecule has 0 heterocycles. The van der Waals surface area contributed by atoms with E-state index in [0.717, 1.165) is 22.7 Å². The van der Waals surface area contributed by atoms with E-state index in [9.17, 15) is 0 Å². The molecule has 0 radical (unpaired) electrons. The van der Waals surface area contributed by atoms with Crippen LogP contribution in [0, 0.1) is 41.5 Å². The van der Waals surface area contributed by atoms with Crippen molar-refractivity contribution in [3.8, 4) is 11.1 Å². The number of nitrogens with zero attached hydrogens (tertiary/aromatic N) is 2. The molecule has 0 saturated heterocycles. The molecule has 0 aliphatic rings. The van der Waals surface area contributed by atoms with Crippen LogP contribution in [0.3, 0.4) is 0 Å². The third-order valence-electron chi connectivity index (χ3n) is 8.03. The summed E-state index contributed by atoms with van der Waals surface area (Å²) < 4.78 is 0. The summed E-state index contributed by atoms with van der Waals surface area (Å²) in [7, 11) is 0. The zero-order valence-electron chi connectivity index (χ0n) is 26.6. The first-order valence-corrected chi connectivity index (χ1v) is 15.3. The van der Waals surface area contributed by atoms with Crippen LogP contribution in [0.2, 0.25) is 0 Å². The predicted molar refractivity (Wildman–Crippen MR) is 190 cm³/mol. The van der Waals surface area contributed by atoms with Gasteiger partial charge in [0.15, 0.2) is 0 Å². The highest BCUT2D eigenvalue weighted by Crippen LogP contribution is 2.39. The third-order valence-corrected chi connectivity index (χ3v) is 8.03. The first-order chi connectivity index (χ1) is 21.2. The van der Waals surface area contributed by atoms with Crippen molar-refractivity contribution >= 4 is 34.1 Å². The van der Waals surface area contributed by atoms with Crippen molar-refractivity contribution in [2.24, 2.45) is 0 Å². The molecule has 0 amide bonds. The molecule has 44 heavy (non-hydrogen) atoms. The van der Waals surface area contributed by atoms with Gasteiger partial charge in [0.25, 0.3) is 0 Å². The van der Waals surface area contributed by atoms with Crippen molar-refractivity contribution in [3.05, 3.63) is 167 Å². The summed E-state index contributed by atoms with van der Waals surface area (Å²) in [4.78, 5) is 4.70.